The fourth-order valence-corrected chi connectivity index (χ4v) is 2.36. The van der Waals surface area contributed by atoms with Crippen LogP contribution in [0.4, 0.5) is 0 Å². The van der Waals surface area contributed by atoms with Crippen LogP contribution < -0.4 is 0 Å². The number of fused-ring (bicyclic) bond motifs is 2. The van der Waals surface area contributed by atoms with Crippen LogP contribution in [0.15, 0.2) is 48.5 Å². The van der Waals surface area contributed by atoms with E-state index in [0.29, 0.717) is 0 Å². The largest absolute Gasteiger partial charge is 0.0683 e. The van der Waals surface area contributed by atoms with Crippen molar-refractivity contribution in [2.45, 2.75) is 41.5 Å². The normalized spacial score (nSPS) is 9.50. The quantitative estimate of drug-likeness (QED) is 0.399. The summed E-state index contributed by atoms with van der Waals surface area (Å²) >= 11 is 0. The summed E-state index contributed by atoms with van der Waals surface area (Å²) in [7, 11) is 0. The number of aryl methyl sites for hydroxylation is 2. The maximum absolute atomic E-state index is 2.31. The Balaban J connectivity index is 0.000000461. The molecule has 3 rings (SSSR count). The van der Waals surface area contributed by atoms with Gasteiger partial charge in [0, 0.05) is 0 Å². The second-order valence-electron chi connectivity index (χ2n) is 4.44. The Kier molecular flexibility index (Phi) is 6.24. The van der Waals surface area contributed by atoms with Gasteiger partial charge in [-0.3, -0.25) is 0 Å². The Morgan fingerprint density at radius 1 is 0.550 bits per heavy atom. The highest BCUT2D eigenvalue weighted by Gasteiger charge is 2.01. The maximum atomic E-state index is 2.31. The zero-order chi connectivity index (χ0) is 15.1. The van der Waals surface area contributed by atoms with Crippen LogP contribution in [0, 0.1) is 13.8 Å². The van der Waals surface area contributed by atoms with Crippen molar-refractivity contribution < 1.29 is 0 Å². The van der Waals surface area contributed by atoms with Crippen molar-refractivity contribution in [1.82, 2.24) is 0 Å². The minimum atomic E-state index is 1.33. The van der Waals surface area contributed by atoms with Gasteiger partial charge in [0.05, 0.1) is 0 Å². The molecule has 0 aliphatic carbocycles. The third-order valence-corrected chi connectivity index (χ3v) is 3.32. The SMILES string of the molecule is CC.CC.Cc1cccc2cc3cccc(C)c3cc12. The number of benzene rings is 3. The third kappa shape index (κ3) is 3.19. The highest BCUT2D eigenvalue weighted by atomic mass is 14.1. The summed E-state index contributed by atoms with van der Waals surface area (Å²) < 4.78 is 0. The molecule has 0 spiro atoms. The summed E-state index contributed by atoms with van der Waals surface area (Å²) in [5, 5.41) is 5.39. The lowest BCUT2D eigenvalue weighted by atomic mass is 9.98. The topological polar surface area (TPSA) is 0 Å². The first kappa shape index (κ1) is 16.2. The molecule has 0 nitrogen and oxygen atoms in total. The highest BCUT2D eigenvalue weighted by molar-refractivity contribution is 6.00. The molecule has 106 valence electrons. The highest BCUT2D eigenvalue weighted by Crippen LogP contribution is 2.26. The smallest absolute Gasteiger partial charge is 0.0148 e. The second kappa shape index (κ2) is 7.69. The zero-order valence-corrected chi connectivity index (χ0v) is 13.6. The van der Waals surface area contributed by atoms with Crippen molar-refractivity contribution in [3.8, 4) is 0 Å². The van der Waals surface area contributed by atoms with Crippen LogP contribution in [0.3, 0.4) is 0 Å². The summed E-state index contributed by atoms with van der Waals surface area (Å²) in [5.41, 5.74) is 2.70. The Morgan fingerprint density at radius 2 is 0.950 bits per heavy atom. The van der Waals surface area contributed by atoms with Gasteiger partial charge in [-0.05, 0) is 58.7 Å². The summed E-state index contributed by atoms with van der Waals surface area (Å²) in [5.74, 6) is 0. The van der Waals surface area contributed by atoms with E-state index in [0.717, 1.165) is 0 Å². The van der Waals surface area contributed by atoms with E-state index in [9.17, 15) is 0 Å². The second-order valence-corrected chi connectivity index (χ2v) is 4.44. The van der Waals surface area contributed by atoms with Crippen molar-refractivity contribution in [1.29, 1.82) is 0 Å². The molecule has 0 heteroatoms. The van der Waals surface area contributed by atoms with Crippen molar-refractivity contribution in [3.05, 3.63) is 59.7 Å². The maximum Gasteiger partial charge on any atom is -0.0148 e. The van der Waals surface area contributed by atoms with E-state index in [2.05, 4.69) is 62.4 Å². The monoisotopic (exact) mass is 266 g/mol. The van der Waals surface area contributed by atoms with Gasteiger partial charge in [-0.2, -0.15) is 0 Å². The van der Waals surface area contributed by atoms with E-state index in [4.69, 9.17) is 0 Å². The lowest BCUT2D eigenvalue weighted by molar-refractivity contribution is 1.50. The number of hydrogen-bond acceptors (Lipinski definition) is 0. The van der Waals surface area contributed by atoms with Crippen LogP contribution in [0.2, 0.25) is 0 Å². The summed E-state index contributed by atoms with van der Waals surface area (Å²) in [4.78, 5) is 0. The summed E-state index contributed by atoms with van der Waals surface area (Å²) in [6, 6.07) is 17.6. The van der Waals surface area contributed by atoms with E-state index >= 15 is 0 Å². The van der Waals surface area contributed by atoms with E-state index in [1.807, 2.05) is 27.7 Å². The molecule has 0 fully saturated rings. The van der Waals surface area contributed by atoms with Crippen molar-refractivity contribution in [2.24, 2.45) is 0 Å². The van der Waals surface area contributed by atoms with Crippen LogP contribution in [0.5, 0.6) is 0 Å². The van der Waals surface area contributed by atoms with E-state index in [1.165, 1.54) is 32.7 Å². The van der Waals surface area contributed by atoms with Gasteiger partial charge >= 0.3 is 0 Å². The lowest BCUT2D eigenvalue weighted by Gasteiger charge is -2.06. The lowest BCUT2D eigenvalue weighted by Crippen LogP contribution is -1.82. The third-order valence-electron chi connectivity index (χ3n) is 3.32. The van der Waals surface area contributed by atoms with E-state index < -0.39 is 0 Å². The standard InChI is InChI=1S/C16H14.2C2H6/c1-11-5-3-7-13-9-14-8-4-6-12(2)16(14)10-15(11)13;2*1-2/h3-10H,1-2H3;2*1-2H3. The van der Waals surface area contributed by atoms with Crippen LogP contribution >= 0.6 is 0 Å². The Morgan fingerprint density at radius 3 is 1.35 bits per heavy atom. The molecule has 0 N–H and O–H groups in total. The molecule has 0 saturated heterocycles. The van der Waals surface area contributed by atoms with Gasteiger partial charge in [-0.1, -0.05) is 64.1 Å². The van der Waals surface area contributed by atoms with Gasteiger partial charge in [-0.25, -0.2) is 0 Å². The fraction of sp³-hybridized carbons (Fsp3) is 0.300. The predicted octanol–water partition coefficient (Wildman–Crippen LogP) is 6.66. The van der Waals surface area contributed by atoms with Gasteiger partial charge in [0.2, 0.25) is 0 Å². The molecule has 0 radical (unpaired) electrons. The molecule has 0 unspecified atom stereocenters. The van der Waals surface area contributed by atoms with Gasteiger partial charge in [0.15, 0.2) is 0 Å². The molecular formula is C20H26. The van der Waals surface area contributed by atoms with Gasteiger partial charge < -0.3 is 0 Å². The number of hydrogen-bond donors (Lipinski definition) is 0. The first-order chi connectivity index (χ1) is 9.75. The van der Waals surface area contributed by atoms with Crippen LogP contribution in [0.25, 0.3) is 21.5 Å². The molecule has 0 aliphatic heterocycles. The molecule has 20 heavy (non-hydrogen) atoms. The number of rotatable bonds is 0. The molecule has 0 atom stereocenters. The molecule has 3 aromatic rings. The Labute approximate surface area is 123 Å². The molecule has 0 bridgehead atoms. The molecule has 0 aliphatic rings. The Hall–Kier alpha value is -1.82. The summed E-state index contributed by atoms with van der Waals surface area (Å²) in [6.45, 7) is 12.3. The van der Waals surface area contributed by atoms with Crippen LogP contribution in [0.1, 0.15) is 38.8 Å². The Bertz CT molecular complexity index is 621. The van der Waals surface area contributed by atoms with Crippen LogP contribution in [-0.2, 0) is 0 Å². The van der Waals surface area contributed by atoms with E-state index in [1.54, 1.807) is 0 Å². The molecule has 0 aromatic heterocycles. The average molecular weight is 266 g/mol. The first-order valence-electron chi connectivity index (χ1n) is 7.64. The van der Waals surface area contributed by atoms with Gasteiger partial charge in [0.25, 0.3) is 0 Å². The van der Waals surface area contributed by atoms with E-state index in [-0.39, 0.29) is 0 Å². The zero-order valence-electron chi connectivity index (χ0n) is 13.6. The average Bonchev–Trinajstić information content (AvgIpc) is 2.51. The van der Waals surface area contributed by atoms with Crippen LogP contribution in [-0.4, -0.2) is 0 Å². The molecule has 0 heterocycles. The minimum Gasteiger partial charge on any atom is -0.0683 e. The van der Waals surface area contributed by atoms with Crippen molar-refractivity contribution in [3.63, 3.8) is 0 Å². The predicted molar refractivity (Wildman–Crippen MR) is 93.6 cm³/mol. The minimum absolute atomic E-state index is 1.33. The van der Waals surface area contributed by atoms with Crippen molar-refractivity contribution in [2.75, 3.05) is 0 Å². The van der Waals surface area contributed by atoms with Gasteiger partial charge in [-0.15, -0.1) is 0 Å². The van der Waals surface area contributed by atoms with Gasteiger partial charge in [0.1, 0.15) is 0 Å². The van der Waals surface area contributed by atoms with Crippen molar-refractivity contribution >= 4 is 21.5 Å². The molecule has 0 amide bonds. The summed E-state index contributed by atoms with van der Waals surface area (Å²) in [6.07, 6.45) is 0. The fourth-order valence-electron chi connectivity index (χ4n) is 2.36. The molecular weight excluding hydrogens is 240 g/mol. The molecule has 3 aromatic carbocycles. The molecule has 0 saturated carbocycles. The first-order valence-corrected chi connectivity index (χ1v) is 7.64.